The molecule has 4 saturated heterocycles. The molecule has 14 heteroatoms. The van der Waals surface area contributed by atoms with Gasteiger partial charge in [-0.1, -0.05) is 55.1 Å². The lowest BCUT2D eigenvalue weighted by atomic mass is 9.69. The molecule has 1 atom stereocenters. The summed E-state index contributed by atoms with van der Waals surface area (Å²) >= 11 is 6.57. The first-order chi connectivity index (χ1) is 30.6. The highest BCUT2D eigenvalue weighted by atomic mass is 35.5. The lowest BCUT2D eigenvalue weighted by Crippen LogP contribution is -2.64. The second-order valence-corrected chi connectivity index (χ2v) is 20.0. The standard InChI is InChI=1S/C49H52ClN7O6/c50-36-5-4-6-38-42(36)45(61)52-47-49(15-2-1-3-16-49)35-23-30(7-10-37(35)57(38)47)29-13-19-53(20-14-29)27-41(59)55-24-31(25-55)54-21-17-48(18-22-54)28-63-43-33-26-56(39-11-12-40(58)51-44(39)60)46(62)32(33)8-9-34(43)48/h4-10,23,29,31,39H,1-3,11-22,24-28H2,(H,51,58,60)/t39-/m0/s1. The van der Waals surface area contributed by atoms with Crippen LogP contribution in [0, 0.1) is 0 Å². The number of imide groups is 1. The number of likely N-dealkylation sites (tertiary alicyclic amines) is 3. The van der Waals surface area contributed by atoms with Crippen molar-refractivity contribution in [2.75, 3.05) is 52.4 Å². The van der Waals surface area contributed by atoms with E-state index in [1.807, 2.05) is 23.1 Å². The predicted octanol–water partition coefficient (Wildman–Crippen LogP) is 5.18. The van der Waals surface area contributed by atoms with Gasteiger partial charge in [-0.2, -0.15) is 4.98 Å². The maximum absolute atomic E-state index is 13.6. The molecule has 2 spiro atoms. The fourth-order valence-electron chi connectivity index (χ4n) is 12.8. The number of benzene rings is 3. The minimum absolute atomic E-state index is 0.110. The van der Waals surface area contributed by atoms with E-state index in [0.29, 0.717) is 54.0 Å². The van der Waals surface area contributed by atoms with Crippen LogP contribution < -0.4 is 15.6 Å². The minimum atomic E-state index is -0.648. The van der Waals surface area contributed by atoms with Crippen molar-refractivity contribution in [1.29, 1.82) is 0 Å². The average molecular weight is 870 g/mol. The zero-order valence-corrected chi connectivity index (χ0v) is 36.3. The summed E-state index contributed by atoms with van der Waals surface area (Å²) in [7, 11) is 0. The van der Waals surface area contributed by atoms with Crippen LogP contribution in [0.3, 0.4) is 0 Å². The summed E-state index contributed by atoms with van der Waals surface area (Å²) in [6.45, 7) is 6.53. The van der Waals surface area contributed by atoms with Crippen LogP contribution in [0.2, 0.25) is 5.02 Å². The third kappa shape index (κ3) is 6.08. The van der Waals surface area contributed by atoms with Gasteiger partial charge >= 0.3 is 0 Å². The highest BCUT2D eigenvalue weighted by Crippen LogP contribution is 2.53. The molecule has 7 aliphatic heterocycles. The van der Waals surface area contributed by atoms with Gasteiger partial charge in [0.05, 0.1) is 46.7 Å². The number of carbonyl (C=O) groups is 4. The number of halogens is 1. The van der Waals surface area contributed by atoms with Crippen LogP contribution in [0.25, 0.3) is 16.6 Å². The third-order valence-electron chi connectivity index (χ3n) is 16.4. The van der Waals surface area contributed by atoms with Gasteiger partial charge in [-0.15, -0.1) is 0 Å². The molecule has 4 aromatic rings. The van der Waals surface area contributed by atoms with Crippen molar-refractivity contribution in [1.82, 2.24) is 34.5 Å². The van der Waals surface area contributed by atoms with E-state index in [9.17, 15) is 24.0 Å². The van der Waals surface area contributed by atoms with E-state index in [1.165, 1.54) is 17.5 Å². The Labute approximate surface area is 370 Å². The highest BCUT2D eigenvalue weighted by Gasteiger charge is 2.50. The average Bonchev–Trinajstić information content (AvgIpc) is 3.89. The molecule has 0 radical (unpaired) electrons. The molecular formula is C49H52ClN7O6. The van der Waals surface area contributed by atoms with Crippen LogP contribution >= 0.6 is 11.6 Å². The first-order valence-electron chi connectivity index (χ1n) is 23.2. The van der Waals surface area contributed by atoms with Gasteiger partial charge in [0.1, 0.15) is 17.6 Å². The quantitative estimate of drug-likeness (QED) is 0.269. The maximum atomic E-state index is 13.6. The molecule has 8 aliphatic rings. The van der Waals surface area contributed by atoms with E-state index >= 15 is 0 Å². The smallest absolute Gasteiger partial charge is 0.282 e. The molecule has 1 aliphatic carbocycles. The summed E-state index contributed by atoms with van der Waals surface area (Å²) < 4.78 is 8.61. The topological polar surface area (TPSA) is 137 Å². The van der Waals surface area contributed by atoms with Crippen molar-refractivity contribution in [3.8, 4) is 11.4 Å². The van der Waals surface area contributed by atoms with Crippen molar-refractivity contribution in [3.05, 3.63) is 97.5 Å². The van der Waals surface area contributed by atoms with Crippen LogP contribution in [0.1, 0.15) is 115 Å². The summed E-state index contributed by atoms with van der Waals surface area (Å²) in [5, 5.41) is 3.32. The minimum Gasteiger partial charge on any atom is -0.492 e. The van der Waals surface area contributed by atoms with E-state index in [0.717, 1.165) is 125 Å². The number of carbonyl (C=O) groups excluding carboxylic acids is 4. The van der Waals surface area contributed by atoms with Crippen molar-refractivity contribution in [2.24, 2.45) is 0 Å². The third-order valence-corrected chi connectivity index (χ3v) is 16.7. The normalized spacial score (nSPS) is 24.3. The maximum Gasteiger partial charge on any atom is 0.282 e. The number of ether oxygens (including phenoxy) is 1. The van der Waals surface area contributed by atoms with Gasteiger partial charge in [0.2, 0.25) is 17.7 Å². The number of nitrogens with one attached hydrogen (secondary N) is 1. The molecule has 63 heavy (non-hydrogen) atoms. The van der Waals surface area contributed by atoms with Gasteiger partial charge < -0.3 is 14.5 Å². The fraction of sp³-hybridized carbons (Fsp3) is 0.510. The Morgan fingerprint density at radius 3 is 2.46 bits per heavy atom. The van der Waals surface area contributed by atoms with E-state index in [2.05, 4.69) is 43.9 Å². The predicted molar refractivity (Wildman–Crippen MR) is 235 cm³/mol. The zero-order valence-electron chi connectivity index (χ0n) is 35.5. The molecule has 326 valence electrons. The molecule has 8 heterocycles. The molecule has 0 bridgehead atoms. The highest BCUT2D eigenvalue weighted by molar-refractivity contribution is 6.35. The van der Waals surface area contributed by atoms with Crippen molar-refractivity contribution < 1.29 is 23.9 Å². The number of aromatic nitrogens is 2. The van der Waals surface area contributed by atoms with Gasteiger partial charge in [0.15, 0.2) is 0 Å². The number of amides is 4. The van der Waals surface area contributed by atoms with Crippen LogP contribution in [-0.4, -0.2) is 117 Å². The molecule has 1 aromatic heterocycles. The summed E-state index contributed by atoms with van der Waals surface area (Å²) in [6.07, 6.45) is 9.88. The molecule has 12 rings (SSSR count). The van der Waals surface area contributed by atoms with Crippen LogP contribution in [0.4, 0.5) is 0 Å². The van der Waals surface area contributed by atoms with Crippen LogP contribution in [0.5, 0.6) is 5.75 Å². The number of nitrogens with zero attached hydrogens (tertiary/aromatic N) is 6. The molecule has 13 nitrogen and oxygen atoms in total. The lowest BCUT2D eigenvalue weighted by molar-refractivity contribution is -0.141. The first kappa shape index (κ1) is 39.5. The Hall–Kier alpha value is -5.11. The molecule has 4 amide bonds. The van der Waals surface area contributed by atoms with Gasteiger partial charge in [0, 0.05) is 47.7 Å². The Balaban J connectivity index is 0.653. The van der Waals surface area contributed by atoms with E-state index in [-0.39, 0.29) is 40.5 Å². The van der Waals surface area contributed by atoms with Gasteiger partial charge in [-0.3, -0.25) is 43.7 Å². The molecule has 0 unspecified atom stereocenters. The largest absolute Gasteiger partial charge is 0.492 e. The number of piperidine rings is 3. The molecule has 3 aromatic carbocycles. The Bertz CT molecular complexity index is 2690. The van der Waals surface area contributed by atoms with Gasteiger partial charge in [-0.25, -0.2) is 0 Å². The summed E-state index contributed by atoms with van der Waals surface area (Å²) in [4.78, 5) is 78.0. The van der Waals surface area contributed by atoms with Crippen molar-refractivity contribution in [3.63, 3.8) is 0 Å². The van der Waals surface area contributed by atoms with E-state index < -0.39 is 11.9 Å². The number of fused-ring (bicyclic) bond motifs is 11. The summed E-state index contributed by atoms with van der Waals surface area (Å²) in [6, 6.07) is 16.3. The van der Waals surface area contributed by atoms with Crippen molar-refractivity contribution >= 4 is 46.1 Å². The second-order valence-electron chi connectivity index (χ2n) is 19.6. The summed E-state index contributed by atoms with van der Waals surface area (Å²) in [5.41, 5.74) is 6.61. The lowest BCUT2D eigenvalue weighted by Gasteiger charge is -2.49. The molecule has 1 saturated carbocycles. The molecule has 1 N–H and O–H groups in total. The number of rotatable bonds is 5. The van der Waals surface area contributed by atoms with Crippen LogP contribution in [-0.2, 0) is 31.8 Å². The van der Waals surface area contributed by atoms with Crippen molar-refractivity contribution in [2.45, 2.75) is 106 Å². The fourth-order valence-corrected chi connectivity index (χ4v) is 13.0. The number of hydrogen-bond donors (Lipinski definition) is 1. The summed E-state index contributed by atoms with van der Waals surface area (Å²) in [5.74, 6) is 1.43. The first-order valence-corrected chi connectivity index (χ1v) is 23.5. The van der Waals surface area contributed by atoms with Crippen LogP contribution in [0.15, 0.2) is 53.3 Å². The Kier molecular flexibility index (Phi) is 9.22. The second kappa shape index (κ2) is 14.7. The molecule has 5 fully saturated rings. The number of hydrogen-bond acceptors (Lipinski definition) is 9. The SMILES string of the molecule is O=C1CC[C@H](N2Cc3c(ccc4c3OCC43CCN(C4CN(C(=O)CN5CCC(c6ccc7c(c6)C6(CCCCC6)c6nc(=O)c8c(Cl)cccc8n6-7)CC5)C4)CC3)C2=O)C(=O)N1. The molecular weight excluding hydrogens is 818 g/mol. The monoisotopic (exact) mass is 869 g/mol. The Morgan fingerprint density at radius 2 is 1.68 bits per heavy atom. The van der Waals surface area contributed by atoms with E-state index in [1.54, 1.807) is 11.0 Å². The van der Waals surface area contributed by atoms with Gasteiger partial charge in [-0.05, 0) is 112 Å². The Morgan fingerprint density at radius 1 is 0.889 bits per heavy atom. The zero-order chi connectivity index (χ0) is 42.8. The van der Waals surface area contributed by atoms with Gasteiger partial charge in [0.25, 0.3) is 11.5 Å². The van der Waals surface area contributed by atoms with E-state index in [4.69, 9.17) is 21.3 Å².